The van der Waals surface area contributed by atoms with Crippen LogP contribution in [0.2, 0.25) is 5.02 Å². The molecule has 8 heteroatoms. The molecule has 0 atom stereocenters. The van der Waals surface area contributed by atoms with E-state index < -0.39 is 0 Å². The first-order chi connectivity index (χ1) is 13.6. The molecule has 0 radical (unpaired) electrons. The van der Waals surface area contributed by atoms with Gasteiger partial charge in [0, 0.05) is 50.4 Å². The quantitative estimate of drug-likeness (QED) is 0.613. The van der Waals surface area contributed by atoms with Crippen molar-refractivity contribution in [2.45, 2.75) is 13.5 Å². The Kier molecular flexibility index (Phi) is 6.81. The van der Waals surface area contributed by atoms with E-state index in [0.717, 1.165) is 17.3 Å². The van der Waals surface area contributed by atoms with Gasteiger partial charge in [-0.1, -0.05) is 17.7 Å². The van der Waals surface area contributed by atoms with Gasteiger partial charge in [-0.2, -0.15) is 0 Å². The van der Waals surface area contributed by atoms with E-state index in [1.54, 1.807) is 24.1 Å². The van der Waals surface area contributed by atoms with Gasteiger partial charge in [-0.3, -0.25) is 9.79 Å². The molecule has 1 N–H and O–H groups in total. The molecule has 0 saturated carbocycles. The molecule has 1 amide bonds. The fourth-order valence-corrected chi connectivity index (χ4v) is 3.31. The Morgan fingerprint density at radius 1 is 1.25 bits per heavy atom. The van der Waals surface area contributed by atoms with Crippen LogP contribution in [0.25, 0.3) is 0 Å². The van der Waals surface area contributed by atoms with Gasteiger partial charge < -0.3 is 24.3 Å². The lowest BCUT2D eigenvalue weighted by Crippen LogP contribution is -2.53. The van der Waals surface area contributed by atoms with Crippen molar-refractivity contribution in [1.82, 2.24) is 15.1 Å². The minimum Gasteiger partial charge on any atom is -0.493 e. The first-order valence-electron chi connectivity index (χ1n) is 9.32. The molecule has 0 aliphatic carbocycles. The van der Waals surface area contributed by atoms with Gasteiger partial charge in [0.05, 0.1) is 12.9 Å². The summed E-state index contributed by atoms with van der Waals surface area (Å²) >= 11 is 6.07. The average Bonchev–Trinajstić information content (AvgIpc) is 3.25. The molecule has 2 heterocycles. The Morgan fingerprint density at radius 2 is 2.00 bits per heavy atom. The second-order valence-corrected chi connectivity index (χ2v) is 6.78. The van der Waals surface area contributed by atoms with Crippen molar-refractivity contribution in [2.24, 2.45) is 4.99 Å². The molecule has 7 nitrogen and oxygen atoms in total. The Hall–Kier alpha value is -2.67. The maximum Gasteiger partial charge on any atom is 0.289 e. The maximum atomic E-state index is 12.4. The summed E-state index contributed by atoms with van der Waals surface area (Å²) in [7, 11) is 1.76. The van der Waals surface area contributed by atoms with Crippen LogP contribution in [0.5, 0.6) is 5.75 Å². The maximum absolute atomic E-state index is 12.4. The van der Waals surface area contributed by atoms with Gasteiger partial charge in [0.2, 0.25) is 0 Å². The van der Waals surface area contributed by atoms with Gasteiger partial charge in [0.1, 0.15) is 5.75 Å². The zero-order chi connectivity index (χ0) is 19.9. The molecular formula is C20H25ClN4O3. The topological polar surface area (TPSA) is 70.3 Å². The number of carbonyl (C=O) groups is 1. The van der Waals surface area contributed by atoms with Crippen LogP contribution in [0.1, 0.15) is 23.0 Å². The molecule has 0 unspecified atom stereocenters. The van der Waals surface area contributed by atoms with Crippen molar-refractivity contribution < 1.29 is 13.9 Å². The number of hydrogen-bond donors (Lipinski definition) is 1. The van der Waals surface area contributed by atoms with E-state index in [9.17, 15) is 4.79 Å². The first kappa shape index (κ1) is 20.1. The molecule has 1 fully saturated rings. The average molecular weight is 405 g/mol. The van der Waals surface area contributed by atoms with E-state index in [2.05, 4.69) is 15.2 Å². The van der Waals surface area contributed by atoms with E-state index in [1.165, 1.54) is 6.26 Å². The van der Waals surface area contributed by atoms with Crippen LogP contribution in [0, 0.1) is 0 Å². The first-order valence-corrected chi connectivity index (χ1v) is 9.69. The highest BCUT2D eigenvalue weighted by atomic mass is 35.5. The number of carbonyl (C=O) groups excluding carboxylic acids is 1. The number of furan rings is 1. The summed E-state index contributed by atoms with van der Waals surface area (Å²) in [6.07, 6.45) is 1.52. The highest BCUT2D eigenvalue weighted by Crippen LogP contribution is 2.23. The van der Waals surface area contributed by atoms with Gasteiger partial charge >= 0.3 is 0 Å². The molecule has 0 spiro atoms. The predicted octanol–water partition coefficient (Wildman–Crippen LogP) is 2.87. The second-order valence-electron chi connectivity index (χ2n) is 6.34. The summed E-state index contributed by atoms with van der Waals surface area (Å²) in [4.78, 5) is 20.7. The number of rotatable bonds is 5. The third-order valence-corrected chi connectivity index (χ3v) is 4.81. The molecular weight excluding hydrogens is 380 g/mol. The third-order valence-electron chi connectivity index (χ3n) is 4.58. The van der Waals surface area contributed by atoms with Crippen LogP contribution in [0.15, 0.2) is 46.0 Å². The standard InChI is InChI=1S/C20H25ClN4O3/c1-3-27-18-13-16(21)7-6-15(18)14-23-20(22-2)25-10-8-24(9-11-25)19(26)17-5-4-12-28-17/h4-7,12-13H,3,8-11,14H2,1-2H3,(H,22,23). The zero-order valence-electron chi connectivity index (χ0n) is 16.2. The molecule has 1 aliphatic heterocycles. The van der Waals surface area contributed by atoms with Crippen molar-refractivity contribution in [3.8, 4) is 5.75 Å². The predicted molar refractivity (Wildman–Crippen MR) is 109 cm³/mol. The highest BCUT2D eigenvalue weighted by molar-refractivity contribution is 6.30. The zero-order valence-corrected chi connectivity index (χ0v) is 16.9. The van der Waals surface area contributed by atoms with Crippen LogP contribution in [-0.2, 0) is 6.54 Å². The van der Waals surface area contributed by atoms with Crippen LogP contribution >= 0.6 is 11.6 Å². The van der Waals surface area contributed by atoms with E-state index in [0.29, 0.717) is 50.1 Å². The fraction of sp³-hybridized carbons (Fsp3) is 0.400. The molecule has 2 aromatic rings. The molecule has 28 heavy (non-hydrogen) atoms. The molecule has 1 aromatic heterocycles. The van der Waals surface area contributed by atoms with Crippen LogP contribution < -0.4 is 10.1 Å². The minimum absolute atomic E-state index is 0.0740. The number of aliphatic imine (C=N–C) groups is 1. The number of piperazine rings is 1. The fourth-order valence-electron chi connectivity index (χ4n) is 3.15. The summed E-state index contributed by atoms with van der Waals surface area (Å²) < 4.78 is 10.9. The Labute approximate surface area is 169 Å². The van der Waals surface area contributed by atoms with Gasteiger partial charge in [-0.15, -0.1) is 0 Å². The Balaban J connectivity index is 1.56. The summed E-state index contributed by atoms with van der Waals surface area (Å²) in [5.41, 5.74) is 1.01. The smallest absolute Gasteiger partial charge is 0.289 e. The van der Waals surface area contributed by atoms with E-state index >= 15 is 0 Å². The van der Waals surface area contributed by atoms with Crippen LogP contribution in [0.3, 0.4) is 0 Å². The Bertz CT molecular complexity index is 815. The molecule has 1 saturated heterocycles. The van der Waals surface area contributed by atoms with E-state index in [1.807, 2.05) is 25.1 Å². The molecule has 1 aliphatic rings. The van der Waals surface area contributed by atoms with Crippen LogP contribution in [0.4, 0.5) is 0 Å². The van der Waals surface area contributed by atoms with Gasteiger partial charge in [0.15, 0.2) is 11.7 Å². The van der Waals surface area contributed by atoms with Crippen molar-refractivity contribution in [3.63, 3.8) is 0 Å². The lowest BCUT2D eigenvalue weighted by molar-refractivity contribution is 0.0657. The molecule has 150 valence electrons. The highest BCUT2D eigenvalue weighted by Gasteiger charge is 2.25. The lowest BCUT2D eigenvalue weighted by atomic mass is 10.2. The summed E-state index contributed by atoms with van der Waals surface area (Å²) in [5, 5.41) is 4.02. The van der Waals surface area contributed by atoms with Gasteiger partial charge in [-0.25, -0.2) is 0 Å². The van der Waals surface area contributed by atoms with Gasteiger partial charge in [0.25, 0.3) is 5.91 Å². The second kappa shape index (κ2) is 9.50. The normalized spacial score (nSPS) is 14.9. The summed E-state index contributed by atoms with van der Waals surface area (Å²) in [5.74, 6) is 1.87. The number of ether oxygens (including phenoxy) is 1. The van der Waals surface area contributed by atoms with Gasteiger partial charge in [-0.05, 0) is 31.2 Å². The number of amides is 1. The van der Waals surface area contributed by atoms with Crippen molar-refractivity contribution in [3.05, 3.63) is 52.9 Å². The van der Waals surface area contributed by atoms with E-state index in [4.69, 9.17) is 20.8 Å². The number of nitrogens with one attached hydrogen (secondary N) is 1. The van der Waals surface area contributed by atoms with Crippen LogP contribution in [-0.4, -0.2) is 61.5 Å². The third kappa shape index (κ3) is 4.78. The SMILES string of the molecule is CCOc1cc(Cl)ccc1CNC(=NC)N1CCN(C(=O)c2ccco2)CC1. The monoisotopic (exact) mass is 404 g/mol. The van der Waals surface area contributed by atoms with Crippen molar-refractivity contribution in [1.29, 1.82) is 0 Å². The molecule has 3 rings (SSSR count). The molecule has 1 aromatic carbocycles. The van der Waals surface area contributed by atoms with Crippen molar-refractivity contribution >= 4 is 23.5 Å². The largest absolute Gasteiger partial charge is 0.493 e. The number of hydrogen-bond acceptors (Lipinski definition) is 4. The molecule has 0 bridgehead atoms. The summed E-state index contributed by atoms with van der Waals surface area (Å²) in [6, 6.07) is 9.04. The number of halogens is 1. The number of nitrogens with zero attached hydrogens (tertiary/aromatic N) is 3. The number of guanidine groups is 1. The number of benzene rings is 1. The summed E-state index contributed by atoms with van der Waals surface area (Å²) in [6.45, 7) is 5.73. The lowest BCUT2D eigenvalue weighted by Gasteiger charge is -2.36. The Morgan fingerprint density at radius 3 is 2.64 bits per heavy atom. The van der Waals surface area contributed by atoms with E-state index in [-0.39, 0.29) is 5.91 Å². The minimum atomic E-state index is -0.0740. The van der Waals surface area contributed by atoms with Crippen molar-refractivity contribution in [2.75, 3.05) is 39.8 Å².